The van der Waals surface area contributed by atoms with Crippen molar-refractivity contribution in [3.05, 3.63) is 11.6 Å². The molecule has 4 N–H and O–H groups in total. The summed E-state index contributed by atoms with van der Waals surface area (Å²) >= 11 is 0. The van der Waals surface area contributed by atoms with Gasteiger partial charge in [0.1, 0.15) is 5.56 Å². The van der Waals surface area contributed by atoms with E-state index in [-0.39, 0.29) is 0 Å². The molecule has 0 fully saturated rings. The zero-order chi connectivity index (χ0) is 10.9. The summed E-state index contributed by atoms with van der Waals surface area (Å²) in [5.41, 5.74) is -0.430. The molecule has 0 aliphatic rings. The number of rotatable bonds is 1. The van der Waals surface area contributed by atoms with Crippen LogP contribution in [0.3, 0.4) is 0 Å². The summed E-state index contributed by atoms with van der Waals surface area (Å²) in [6.45, 7) is 0. The van der Waals surface area contributed by atoms with Gasteiger partial charge in [-0.05, 0) is 0 Å². The van der Waals surface area contributed by atoms with Gasteiger partial charge in [0.2, 0.25) is 11.5 Å². The summed E-state index contributed by atoms with van der Waals surface area (Å²) in [6, 6.07) is 0.788. The first-order valence-corrected chi connectivity index (χ1v) is 3.54. The molecular formula is C8H8O6. The van der Waals surface area contributed by atoms with Gasteiger partial charge in [0.05, 0.1) is 7.11 Å². The van der Waals surface area contributed by atoms with Crippen LogP contribution in [0.5, 0.6) is 23.0 Å². The van der Waals surface area contributed by atoms with Gasteiger partial charge in [0.25, 0.3) is 0 Å². The first-order chi connectivity index (χ1) is 6.49. The molecule has 1 aromatic rings. The van der Waals surface area contributed by atoms with Crippen molar-refractivity contribution in [2.24, 2.45) is 0 Å². The first kappa shape index (κ1) is 9.97. The Morgan fingerprint density at radius 2 is 1.71 bits per heavy atom. The molecule has 0 atom stereocenters. The van der Waals surface area contributed by atoms with Crippen LogP contribution in [0.25, 0.3) is 0 Å². The maximum atomic E-state index is 11.0. The summed E-state index contributed by atoms with van der Waals surface area (Å²) in [6.07, 6.45) is 0. The minimum atomic E-state index is -0.967. The predicted molar refractivity (Wildman–Crippen MR) is 44.4 cm³/mol. The molecular weight excluding hydrogens is 192 g/mol. The lowest BCUT2D eigenvalue weighted by atomic mass is 10.1. The third kappa shape index (κ3) is 1.37. The summed E-state index contributed by atoms with van der Waals surface area (Å²) in [5.74, 6) is -4.36. The van der Waals surface area contributed by atoms with Crippen LogP contribution in [0.2, 0.25) is 0 Å². The maximum absolute atomic E-state index is 11.0. The minimum absolute atomic E-state index is 0.430. The molecule has 76 valence electrons. The normalized spacial score (nSPS) is 9.79. The smallest absolute Gasteiger partial charge is 0.341 e. The fraction of sp³-hybridized carbons (Fsp3) is 0.125. The number of carbonyl (C=O) groups excluding carboxylic acids is 1. The average molecular weight is 200 g/mol. The predicted octanol–water partition coefficient (Wildman–Crippen LogP) is 0.296. The van der Waals surface area contributed by atoms with Gasteiger partial charge in [-0.15, -0.1) is 0 Å². The molecule has 1 rings (SSSR count). The monoisotopic (exact) mass is 200 g/mol. The SMILES string of the molecule is COC(=O)c1cc(O)c(O)c(O)c1O. The molecule has 0 saturated heterocycles. The van der Waals surface area contributed by atoms with Gasteiger partial charge in [0.15, 0.2) is 11.5 Å². The molecule has 0 radical (unpaired) electrons. The summed E-state index contributed by atoms with van der Waals surface area (Å²) in [7, 11) is 1.07. The van der Waals surface area contributed by atoms with Gasteiger partial charge in [0, 0.05) is 6.07 Å². The van der Waals surface area contributed by atoms with Crippen LogP contribution in [0.15, 0.2) is 6.07 Å². The van der Waals surface area contributed by atoms with Crippen LogP contribution in [-0.2, 0) is 4.74 Å². The Morgan fingerprint density at radius 1 is 1.14 bits per heavy atom. The van der Waals surface area contributed by atoms with Crippen molar-refractivity contribution in [3.8, 4) is 23.0 Å². The number of ether oxygens (including phenoxy) is 1. The molecule has 0 heterocycles. The van der Waals surface area contributed by atoms with Gasteiger partial charge >= 0.3 is 5.97 Å². The molecule has 1 aromatic carbocycles. The molecule has 6 heteroatoms. The van der Waals surface area contributed by atoms with Gasteiger partial charge < -0.3 is 25.2 Å². The van der Waals surface area contributed by atoms with Gasteiger partial charge in [-0.3, -0.25) is 0 Å². The zero-order valence-corrected chi connectivity index (χ0v) is 7.18. The van der Waals surface area contributed by atoms with Gasteiger partial charge in [-0.25, -0.2) is 4.79 Å². The van der Waals surface area contributed by atoms with Crippen molar-refractivity contribution in [1.82, 2.24) is 0 Å². The minimum Gasteiger partial charge on any atom is -0.504 e. The third-order valence-corrected chi connectivity index (χ3v) is 1.63. The number of esters is 1. The lowest BCUT2D eigenvalue weighted by Crippen LogP contribution is -2.01. The van der Waals surface area contributed by atoms with Gasteiger partial charge in [-0.1, -0.05) is 0 Å². The van der Waals surface area contributed by atoms with Crippen molar-refractivity contribution >= 4 is 5.97 Å². The number of phenols is 4. The second-order valence-corrected chi connectivity index (χ2v) is 2.48. The number of hydrogen-bond donors (Lipinski definition) is 4. The fourth-order valence-corrected chi connectivity index (χ4v) is 0.900. The van der Waals surface area contributed by atoms with E-state index in [0.29, 0.717) is 0 Å². The van der Waals surface area contributed by atoms with E-state index in [2.05, 4.69) is 4.74 Å². The van der Waals surface area contributed by atoms with Crippen molar-refractivity contribution < 1.29 is 30.0 Å². The van der Waals surface area contributed by atoms with Crippen molar-refractivity contribution in [3.63, 3.8) is 0 Å². The zero-order valence-electron chi connectivity index (χ0n) is 7.18. The van der Waals surface area contributed by atoms with Crippen LogP contribution in [-0.4, -0.2) is 33.5 Å². The number of aromatic hydroxyl groups is 4. The van der Waals surface area contributed by atoms with E-state index >= 15 is 0 Å². The number of phenolic OH excluding ortho intramolecular Hbond substituents is 4. The number of carbonyl (C=O) groups is 1. The van der Waals surface area contributed by atoms with Crippen LogP contribution >= 0.6 is 0 Å². The average Bonchev–Trinajstić information content (AvgIpc) is 2.19. The standard InChI is InChI=1S/C8H8O6/c1-14-8(13)3-2-4(9)6(11)7(12)5(3)10/h2,9-12H,1H3. The molecule has 6 nitrogen and oxygen atoms in total. The van der Waals surface area contributed by atoms with Crippen LogP contribution in [0.1, 0.15) is 10.4 Å². The Bertz CT molecular complexity index is 384. The molecule has 0 aromatic heterocycles. The molecule has 0 aliphatic carbocycles. The second-order valence-electron chi connectivity index (χ2n) is 2.48. The van der Waals surface area contributed by atoms with E-state index < -0.39 is 34.5 Å². The largest absolute Gasteiger partial charge is 0.504 e. The quantitative estimate of drug-likeness (QED) is 0.295. The van der Waals surface area contributed by atoms with Crippen molar-refractivity contribution in [2.45, 2.75) is 0 Å². The number of benzene rings is 1. The first-order valence-electron chi connectivity index (χ1n) is 3.54. The molecule has 0 unspecified atom stereocenters. The highest BCUT2D eigenvalue weighted by atomic mass is 16.5. The highest BCUT2D eigenvalue weighted by Gasteiger charge is 2.21. The number of hydrogen-bond acceptors (Lipinski definition) is 6. The Balaban J connectivity index is 3.40. The Morgan fingerprint density at radius 3 is 2.21 bits per heavy atom. The van der Waals surface area contributed by atoms with Gasteiger partial charge in [-0.2, -0.15) is 0 Å². The molecule has 14 heavy (non-hydrogen) atoms. The van der Waals surface area contributed by atoms with E-state index in [1.54, 1.807) is 0 Å². The molecule has 0 saturated carbocycles. The number of methoxy groups -OCH3 is 1. The van der Waals surface area contributed by atoms with Crippen molar-refractivity contribution in [1.29, 1.82) is 0 Å². The van der Waals surface area contributed by atoms with Crippen LogP contribution in [0, 0.1) is 0 Å². The third-order valence-electron chi connectivity index (χ3n) is 1.63. The molecule has 0 aliphatic heterocycles. The Kier molecular flexibility index (Phi) is 2.37. The molecule has 0 amide bonds. The molecule has 0 bridgehead atoms. The fourth-order valence-electron chi connectivity index (χ4n) is 0.900. The van der Waals surface area contributed by atoms with Crippen LogP contribution in [0.4, 0.5) is 0 Å². The Labute approximate surface area is 78.6 Å². The van der Waals surface area contributed by atoms with E-state index in [1.807, 2.05) is 0 Å². The summed E-state index contributed by atoms with van der Waals surface area (Å²) < 4.78 is 4.26. The van der Waals surface area contributed by atoms with Crippen molar-refractivity contribution in [2.75, 3.05) is 7.11 Å². The van der Waals surface area contributed by atoms with E-state index in [4.69, 9.17) is 15.3 Å². The molecule has 0 spiro atoms. The highest BCUT2D eigenvalue weighted by molar-refractivity contribution is 5.94. The second kappa shape index (κ2) is 3.33. The van der Waals surface area contributed by atoms with E-state index in [0.717, 1.165) is 13.2 Å². The lowest BCUT2D eigenvalue weighted by molar-refractivity contribution is 0.0596. The topological polar surface area (TPSA) is 107 Å². The maximum Gasteiger partial charge on any atom is 0.341 e. The van der Waals surface area contributed by atoms with E-state index in [9.17, 15) is 9.90 Å². The lowest BCUT2D eigenvalue weighted by Gasteiger charge is -2.07. The highest BCUT2D eigenvalue weighted by Crippen LogP contribution is 2.43. The van der Waals surface area contributed by atoms with E-state index in [1.165, 1.54) is 0 Å². The van der Waals surface area contributed by atoms with Crippen LogP contribution < -0.4 is 0 Å². The Hall–Kier alpha value is -2.11. The summed E-state index contributed by atoms with van der Waals surface area (Å²) in [4.78, 5) is 11.0. The summed E-state index contributed by atoms with van der Waals surface area (Å²) in [5, 5.41) is 36.2.